The minimum absolute atomic E-state index is 0. The molecule has 0 aliphatic carbocycles. The molecule has 0 saturated carbocycles. The minimum atomic E-state index is -4.29. The molecule has 6 rings (SSSR count). The van der Waals surface area contributed by atoms with Crippen molar-refractivity contribution >= 4 is 21.5 Å². The van der Waals surface area contributed by atoms with Crippen molar-refractivity contribution in [3.05, 3.63) is 145 Å². The molecule has 52 heavy (non-hydrogen) atoms. The number of hydrogen-bond donors (Lipinski definition) is 0. The molecule has 6 aromatic rings. The normalized spacial score (nSPS) is 11.0. The molecule has 0 amide bonds. The van der Waals surface area contributed by atoms with E-state index in [0.29, 0.717) is 0 Å². The van der Waals surface area contributed by atoms with Crippen LogP contribution in [0.3, 0.4) is 0 Å². The van der Waals surface area contributed by atoms with E-state index in [2.05, 4.69) is 64.1 Å². The van der Waals surface area contributed by atoms with Crippen molar-refractivity contribution in [3.63, 3.8) is 0 Å². The number of fused-ring (bicyclic) bond motifs is 2. The van der Waals surface area contributed by atoms with Crippen molar-refractivity contribution in [1.82, 2.24) is 0 Å². The Morgan fingerprint density at radius 2 is 0.865 bits per heavy atom. The first-order valence-corrected chi connectivity index (χ1v) is 16.7. The molecule has 0 nitrogen and oxygen atoms in total. The number of rotatable bonds is 8. The van der Waals surface area contributed by atoms with Crippen LogP contribution in [0.25, 0.3) is 43.8 Å². The standard InChI is InChI=1S/2C20H18F3.C3H6.2ClH.Zr/c2*1-2-3-5-14-12-16-6-4-7-18(19(16)13-14)15-8-10-17(11-9-15)20(21,22)23;1-3-2;;;/h2*4,6-13H,2-3,5H2,1H3;1-3H2;2*1H;/q2*-1;-2;;;+2/p-2. The predicted molar refractivity (Wildman–Crippen MR) is 193 cm³/mol. The SMILES string of the molecule is CCCCc1cc2c(-c3ccc(C(F)(F)F)cc3)cccc2[cH-]1.CCCCc1cc2c(-c3ccc(C(F)(F)F)cc3)cccc2[cH-]1.[CH2-]C[CH2-].[Cl-].[Cl-].[Zr+2]. The second-order valence-electron chi connectivity index (χ2n) is 12.1. The molecule has 0 radical (unpaired) electrons. The van der Waals surface area contributed by atoms with Crippen molar-refractivity contribution in [2.45, 2.75) is 71.1 Å². The van der Waals surface area contributed by atoms with E-state index in [1.165, 1.54) is 11.1 Å². The van der Waals surface area contributed by atoms with Crippen LogP contribution in [0.15, 0.2) is 109 Å². The zero-order valence-corrected chi connectivity index (χ0v) is 33.2. The molecule has 0 spiro atoms. The van der Waals surface area contributed by atoms with Crippen LogP contribution < -0.4 is 24.8 Å². The average Bonchev–Trinajstić information content (AvgIpc) is 3.70. The maximum atomic E-state index is 12.7. The Kier molecular flexibility index (Phi) is 19.7. The van der Waals surface area contributed by atoms with Gasteiger partial charge in [0.2, 0.25) is 0 Å². The fourth-order valence-corrected chi connectivity index (χ4v) is 5.83. The van der Waals surface area contributed by atoms with Gasteiger partial charge in [-0.15, -0.1) is 69.1 Å². The Balaban J connectivity index is 0.000000459. The second-order valence-corrected chi connectivity index (χ2v) is 12.1. The Morgan fingerprint density at radius 1 is 0.538 bits per heavy atom. The van der Waals surface area contributed by atoms with E-state index in [1.807, 2.05) is 24.3 Å². The molecule has 0 saturated heterocycles. The summed E-state index contributed by atoms with van der Waals surface area (Å²) in [5, 5.41) is 4.51. The molecular formula is C43H42Cl2F6Zr-4. The van der Waals surface area contributed by atoms with Gasteiger partial charge in [-0.25, -0.2) is 0 Å². The van der Waals surface area contributed by atoms with E-state index in [4.69, 9.17) is 0 Å². The van der Waals surface area contributed by atoms with Crippen LogP contribution in [-0.2, 0) is 51.4 Å². The molecule has 0 unspecified atom stereocenters. The smallest absolute Gasteiger partial charge is 1.00 e. The second kappa shape index (κ2) is 21.7. The van der Waals surface area contributed by atoms with E-state index < -0.39 is 23.5 Å². The number of aryl methyl sites for hydroxylation is 2. The van der Waals surface area contributed by atoms with Crippen molar-refractivity contribution in [1.29, 1.82) is 0 Å². The summed E-state index contributed by atoms with van der Waals surface area (Å²) >= 11 is 0. The van der Waals surface area contributed by atoms with Crippen LogP contribution in [0.5, 0.6) is 0 Å². The molecule has 0 fully saturated rings. The Labute approximate surface area is 335 Å². The number of hydrogen-bond acceptors (Lipinski definition) is 0. The first-order chi connectivity index (χ1) is 23.4. The summed E-state index contributed by atoms with van der Waals surface area (Å²) in [5.41, 5.74) is 4.96. The van der Waals surface area contributed by atoms with Crippen LogP contribution in [0.1, 0.15) is 68.2 Å². The Morgan fingerprint density at radius 3 is 1.15 bits per heavy atom. The van der Waals surface area contributed by atoms with Gasteiger partial charge in [-0.1, -0.05) is 87.1 Å². The van der Waals surface area contributed by atoms with Crippen molar-refractivity contribution in [3.8, 4) is 22.3 Å². The topological polar surface area (TPSA) is 0 Å². The van der Waals surface area contributed by atoms with Crippen LogP contribution in [0.2, 0.25) is 0 Å². The number of alkyl halides is 6. The first-order valence-electron chi connectivity index (χ1n) is 16.7. The number of benzene rings is 4. The Bertz CT molecular complexity index is 1760. The molecule has 0 aliphatic rings. The minimum Gasteiger partial charge on any atom is -1.00 e. The van der Waals surface area contributed by atoms with Gasteiger partial charge in [-0.2, -0.15) is 38.5 Å². The van der Waals surface area contributed by atoms with Crippen LogP contribution in [0.4, 0.5) is 26.3 Å². The molecule has 0 N–H and O–H groups in total. The molecule has 9 heteroatoms. The van der Waals surface area contributed by atoms with Gasteiger partial charge < -0.3 is 45.1 Å². The maximum Gasteiger partial charge on any atom is 2.00 e. The van der Waals surface area contributed by atoms with Crippen LogP contribution in [-0.4, -0.2) is 0 Å². The zero-order valence-electron chi connectivity index (χ0n) is 29.3. The largest absolute Gasteiger partial charge is 2.00 e. The van der Waals surface area contributed by atoms with Gasteiger partial charge in [0, 0.05) is 0 Å². The summed E-state index contributed by atoms with van der Waals surface area (Å²) in [5.74, 6) is 0. The molecule has 0 bridgehead atoms. The van der Waals surface area contributed by atoms with Gasteiger partial charge in [0.15, 0.2) is 0 Å². The molecule has 6 aromatic carbocycles. The van der Waals surface area contributed by atoms with E-state index in [0.717, 1.165) is 113 Å². The van der Waals surface area contributed by atoms with Crippen molar-refractivity contribution in [2.75, 3.05) is 0 Å². The van der Waals surface area contributed by atoms with Gasteiger partial charge >= 0.3 is 38.6 Å². The molecule has 0 atom stereocenters. The number of unbranched alkanes of at least 4 members (excludes halogenated alkanes) is 2. The van der Waals surface area contributed by atoms with E-state index in [-0.39, 0.29) is 51.0 Å². The van der Waals surface area contributed by atoms with E-state index >= 15 is 0 Å². The summed E-state index contributed by atoms with van der Waals surface area (Å²) in [6, 6.07) is 31.4. The number of halogens is 8. The van der Waals surface area contributed by atoms with Gasteiger partial charge in [-0.3, -0.25) is 0 Å². The summed E-state index contributed by atoms with van der Waals surface area (Å²) < 4.78 is 76.2. The van der Waals surface area contributed by atoms with Crippen molar-refractivity contribution in [2.24, 2.45) is 0 Å². The quantitative estimate of drug-likeness (QED) is 0.107. The third-order valence-corrected chi connectivity index (χ3v) is 8.31. The monoisotopic (exact) mass is 832 g/mol. The predicted octanol–water partition coefficient (Wildman–Crippen LogP) is 8.22. The van der Waals surface area contributed by atoms with Crippen LogP contribution >= 0.6 is 0 Å². The van der Waals surface area contributed by atoms with E-state index in [1.54, 1.807) is 24.3 Å². The summed E-state index contributed by atoms with van der Waals surface area (Å²) in [4.78, 5) is 0. The van der Waals surface area contributed by atoms with Gasteiger partial charge in [0.25, 0.3) is 0 Å². The molecule has 0 aromatic heterocycles. The van der Waals surface area contributed by atoms with Crippen LogP contribution in [0, 0.1) is 13.8 Å². The molecule has 278 valence electrons. The fourth-order valence-electron chi connectivity index (χ4n) is 5.83. The van der Waals surface area contributed by atoms with Crippen molar-refractivity contribution < 1.29 is 77.4 Å². The molecule has 0 aliphatic heterocycles. The average molecular weight is 835 g/mol. The summed E-state index contributed by atoms with van der Waals surface area (Å²) in [6.45, 7) is 11.1. The fraction of sp³-hybridized carbons (Fsp3) is 0.256. The first kappa shape index (κ1) is 47.2. The van der Waals surface area contributed by atoms with Gasteiger partial charge in [-0.05, 0) is 48.2 Å². The van der Waals surface area contributed by atoms with E-state index in [9.17, 15) is 26.3 Å². The Hall–Kier alpha value is -2.86. The molecular weight excluding hydrogens is 793 g/mol. The maximum absolute atomic E-state index is 12.7. The third-order valence-electron chi connectivity index (χ3n) is 8.31. The third kappa shape index (κ3) is 12.6. The summed E-state index contributed by atoms with van der Waals surface area (Å²) in [6.07, 6.45) is -1.18. The zero-order chi connectivity index (χ0) is 35.6. The summed E-state index contributed by atoms with van der Waals surface area (Å²) in [7, 11) is 0. The van der Waals surface area contributed by atoms with Gasteiger partial charge in [0.05, 0.1) is 11.1 Å². The molecule has 0 heterocycles. The van der Waals surface area contributed by atoms with Gasteiger partial charge in [0.1, 0.15) is 0 Å².